The van der Waals surface area contributed by atoms with Gasteiger partial charge in [-0.1, -0.05) is 29.8 Å². The third kappa shape index (κ3) is 4.58. The van der Waals surface area contributed by atoms with Crippen molar-refractivity contribution in [3.8, 4) is 0 Å². The second kappa shape index (κ2) is 7.84. The van der Waals surface area contributed by atoms with Crippen LogP contribution in [0.25, 0.3) is 0 Å². The Morgan fingerprint density at radius 1 is 1.07 bits per heavy atom. The van der Waals surface area contributed by atoms with E-state index in [1.165, 1.54) is 6.07 Å². The van der Waals surface area contributed by atoms with E-state index < -0.39 is 14.8 Å². The molecule has 0 unspecified atom stereocenters. The van der Waals surface area contributed by atoms with Crippen molar-refractivity contribution in [1.29, 1.82) is 0 Å². The highest BCUT2D eigenvalue weighted by Crippen LogP contribution is 2.35. The van der Waals surface area contributed by atoms with Gasteiger partial charge in [0, 0.05) is 44.0 Å². The van der Waals surface area contributed by atoms with Crippen molar-refractivity contribution in [3.63, 3.8) is 0 Å². The van der Waals surface area contributed by atoms with Crippen molar-refractivity contribution in [2.45, 2.75) is 11.4 Å². The number of hydrogen-bond donors (Lipinski definition) is 0. The maximum absolute atomic E-state index is 11.9. The third-order valence-corrected chi connectivity index (χ3v) is 5.97. The average molecular weight is 410 g/mol. The lowest BCUT2D eigenvalue weighted by molar-refractivity contribution is -0.387. The number of para-hydroxylation sites is 1. The van der Waals surface area contributed by atoms with Crippen molar-refractivity contribution in [2.24, 2.45) is 0 Å². The second-order valence-corrected chi connectivity index (χ2v) is 8.96. The van der Waals surface area contributed by atoms with Crippen LogP contribution >= 0.6 is 11.6 Å². The molecule has 2 aromatic carbocycles. The Labute approximate surface area is 163 Å². The number of anilines is 1. The van der Waals surface area contributed by atoms with E-state index in [1.54, 1.807) is 12.1 Å². The number of nitrogens with zero attached hydrogens (tertiary/aromatic N) is 3. The van der Waals surface area contributed by atoms with Gasteiger partial charge < -0.3 is 4.90 Å². The molecule has 3 rings (SSSR count). The number of halogens is 1. The number of piperazine rings is 1. The molecule has 0 amide bonds. The molecule has 0 atom stereocenters. The Morgan fingerprint density at radius 2 is 1.70 bits per heavy atom. The molecule has 1 heterocycles. The topological polar surface area (TPSA) is 83.8 Å². The first kappa shape index (κ1) is 19.6. The van der Waals surface area contributed by atoms with Crippen LogP contribution in [0, 0.1) is 10.1 Å². The summed E-state index contributed by atoms with van der Waals surface area (Å²) in [5.74, 6) is 0. The third-order valence-electron chi connectivity index (χ3n) is 4.59. The molecule has 1 aliphatic heterocycles. The van der Waals surface area contributed by atoms with Gasteiger partial charge in [-0.05, 0) is 29.8 Å². The van der Waals surface area contributed by atoms with E-state index in [4.69, 9.17) is 11.6 Å². The summed E-state index contributed by atoms with van der Waals surface area (Å²) in [6.07, 6.45) is 0.989. The van der Waals surface area contributed by atoms with Gasteiger partial charge in [0.25, 0.3) is 0 Å². The highest BCUT2D eigenvalue weighted by Gasteiger charge is 2.30. The predicted molar refractivity (Wildman–Crippen MR) is 105 cm³/mol. The van der Waals surface area contributed by atoms with E-state index in [-0.39, 0.29) is 10.6 Å². The Kier molecular flexibility index (Phi) is 5.69. The molecule has 0 saturated carbocycles. The molecule has 2 aromatic rings. The fourth-order valence-corrected chi connectivity index (χ4v) is 4.23. The van der Waals surface area contributed by atoms with Gasteiger partial charge in [0.2, 0.25) is 0 Å². The van der Waals surface area contributed by atoms with Gasteiger partial charge in [0.05, 0.1) is 4.92 Å². The average Bonchev–Trinajstić information content (AvgIpc) is 2.63. The first-order valence-electron chi connectivity index (χ1n) is 8.45. The largest absolute Gasteiger partial charge is 0.363 e. The van der Waals surface area contributed by atoms with Crippen LogP contribution in [0.5, 0.6) is 0 Å². The number of nitro groups is 1. The molecule has 1 saturated heterocycles. The van der Waals surface area contributed by atoms with Crippen molar-refractivity contribution in [2.75, 3.05) is 37.3 Å². The van der Waals surface area contributed by atoms with Crippen molar-refractivity contribution >= 4 is 32.8 Å². The SMILES string of the molecule is CS(=O)(=O)c1cccc(N2CCN(Cc3ccc(Cl)cc3)CC2)c1[N+](=O)[O-]. The zero-order valence-electron chi connectivity index (χ0n) is 14.8. The van der Waals surface area contributed by atoms with Crippen LogP contribution in [0.3, 0.4) is 0 Å². The molecule has 0 spiro atoms. The van der Waals surface area contributed by atoms with Gasteiger partial charge >= 0.3 is 5.69 Å². The van der Waals surface area contributed by atoms with Crippen molar-refractivity contribution < 1.29 is 13.3 Å². The Bertz CT molecular complexity index is 940. The van der Waals surface area contributed by atoms with Gasteiger partial charge in [-0.25, -0.2) is 8.42 Å². The maximum Gasteiger partial charge on any atom is 0.311 e. The summed E-state index contributed by atoms with van der Waals surface area (Å²) < 4.78 is 23.9. The molecule has 144 valence electrons. The first-order valence-corrected chi connectivity index (χ1v) is 10.7. The Hall–Kier alpha value is -2.16. The summed E-state index contributed by atoms with van der Waals surface area (Å²) in [7, 11) is -3.68. The molecule has 1 fully saturated rings. The maximum atomic E-state index is 11.9. The van der Waals surface area contributed by atoms with Gasteiger partial charge in [0.1, 0.15) is 10.6 Å². The highest BCUT2D eigenvalue weighted by atomic mass is 35.5. The molecule has 9 heteroatoms. The standard InChI is InChI=1S/C18H20ClN3O4S/c1-27(25,26)17-4-2-3-16(18(17)22(23)24)21-11-9-20(10-12-21)13-14-5-7-15(19)8-6-14/h2-8H,9-13H2,1H3. The summed E-state index contributed by atoms with van der Waals surface area (Å²) in [6.45, 7) is 3.39. The zero-order chi connectivity index (χ0) is 19.6. The minimum atomic E-state index is -3.68. The summed E-state index contributed by atoms with van der Waals surface area (Å²) in [5.41, 5.74) is 1.16. The lowest BCUT2D eigenvalue weighted by Gasteiger charge is -2.36. The van der Waals surface area contributed by atoms with Gasteiger partial charge in [-0.3, -0.25) is 15.0 Å². The molecule has 27 heavy (non-hydrogen) atoms. The van der Waals surface area contributed by atoms with Crippen LogP contribution in [0.2, 0.25) is 5.02 Å². The van der Waals surface area contributed by atoms with Gasteiger partial charge in [-0.15, -0.1) is 0 Å². The number of rotatable bonds is 5. The summed E-state index contributed by atoms with van der Waals surface area (Å²) in [5, 5.41) is 12.3. The first-order chi connectivity index (χ1) is 12.8. The quantitative estimate of drug-likeness (QED) is 0.557. The molecule has 0 bridgehead atoms. The van der Waals surface area contributed by atoms with E-state index >= 15 is 0 Å². The summed E-state index contributed by atoms with van der Waals surface area (Å²) in [6, 6.07) is 12.1. The molecular formula is C18H20ClN3O4S. The molecule has 0 N–H and O–H groups in total. The summed E-state index contributed by atoms with van der Waals surface area (Å²) in [4.78, 5) is 14.8. The second-order valence-electron chi connectivity index (χ2n) is 6.54. The van der Waals surface area contributed by atoms with E-state index in [9.17, 15) is 18.5 Å². The Balaban J connectivity index is 1.76. The minimum absolute atomic E-state index is 0.242. The molecule has 7 nitrogen and oxygen atoms in total. The zero-order valence-corrected chi connectivity index (χ0v) is 16.4. The van der Waals surface area contributed by atoms with Crippen LogP contribution in [-0.2, 0) is 16.4 Å². The van der Waals surface area contributed by atoms with Crippen molar-refractivity contribution in [3.05, 3.63) is 63.2 Å². The van der Waals surface area contributed by atoms with Gasteiger partial charge in [-0.2, -0.15) is 0 Å². The molecule has 0 aliphatic carbocycles. The lowest BCUT2D eigenvalue weighted by atomic mass is 10.1. The Morgan fingerprint density at radius 3 is 2.26 bits per heavy atom. The number of hydrogen-bond acceptors (Lipinski definition) is 6. The lowest BCUT2D eigenvalue weighted by Crippen LogP contribution is -2.46. The molecule has 1 aliphatic rings. The highest BCUT2D eigenvalue weighted by molar-refractivity contribution is 7.90. The number of sulfone groups is 1. The smallest absolute Gasteiger partial charge is 0.311 e. The molecule has 0 aromatic heterocycles. The van der Waals surface area contributed by atoms with E-state index in [0.717, 1.165) is 31.5 Å². The van der Waals surface area contributed by atoms with E-state index in [1.807, 2.05) is 29.2 Å². The normalized spacial score (nSPS) is 15.7. The predicted octanol–water partition coefficient (Wildman–Crippen LogP) is 2.97. The molecule has 0 radical (unpaired) electrons. The van der Waals surface area contributed by atoms with Crippen LogP contribution in [0.4, 0.5) is 11.4 Å². The van der Waals surface area contributed by atoms with Crippen LogP contribution in [0.1, 0.15) is 5.56 Å². The van der Waals surface area contributed by atoms with Crippen LogP contribution < -0.4 is 4.90 Å². The number of benzene rings is 2. The van der Waals surface area contributed by atoms with E-state index in [0.29, 0.717) is 23.8 Å². The van der Waals surface area contributed by atoms with Gasteiger partial charge in [0.15, 0.2) is 9.84 Å². The summed E-state index contributed by atoms with van der Waals surface area (Å²) >= 11 is 5.91. The minimum Gasteiger partial charge on any atom is -0.363 e. The molecular weight excluding hydrogens is 390 g/mol. The van der Waals surface area contributed by atoms with E-state index in [2.05, 4.69) is 4.90 Å². The fraction of sp³-hybridized carbons (Fsp3) is 0.333. The van der Waals surface area contributed by atoms with Crippen LogP contribution in [0.15, 0.2) is 47.4 Å². The van der Waals surface area contributed by atoms with Crippen molar-refractivity contribution in [1.82, 2.24) is 4.90 Å². The fourth-order valence-electron chi connectivity index (χ4n) is 3.24. The van der Waals surface area contributed by atoms with Crippen LogP contribution in [-0.4, -0.2) is 50.7 Å². The number of nitro benzene ring substituents is 1. The monoisotopic (exact) mass is 409 g/mol.